The largest absolute Gasteiger partial charge is 0.370 e. The molecule has 21 heavy (non-hydrogen) atoms. The molecule has 0 saturated heterocycles. The van der Waals surface area contributed by atoms with Crippen molar-refractivity contribution in [3.8, 4) is 0 Å². The lowest BCUT2D eigenvalue weighted by Gasteiger charge is -2.23. The van der Waals surface area contributed by atoms with Gasteiger partial charge in [0.25, 0.3) is 5.91 Å². The third-order valence-electron chi connectivity index (χ3n) is 4.02. The van der Waals surface area contributed by atoms with E-state index < -0.39 is 0 Å². The first kappa shape index (κ1) is 15.8. The molecule has 1 N–H and O–H groups in total. The zero-order valence-corrected chi connectivity index (χ0v) is 13.3. The topological polar surface area (TPSA) is 45.2 Å². The molecule has 1 amide bonds. The summed E-state index contributed by atoms with van der Waals surface area (Å²) in [6.07, 6.45) is 8.71. The average Bonchev–Trinajstić information content (AvgIpc) is 3.00. The average molecular weight is 289 g/mol. The van der Waals surface area contributed by atoms with E-state index in [1.807, 2.05) is 18.3 Å². The van der Waals surface area contributed by atoms with Gasteiger partial charge in [0.15, 0.2) is 0 Å². The monoisotopic (exact) mass is 289 g/mol. The second-order valence-corrected chi connectivity index (χ2v) is 5.84. The highest BCUT2D eigenvalue weighted by Gasteiger charge is 2.18. The molecule has 0 atom stereocenters. The molecule has 1 aromatic rings. The minimum Gasteiger partial charge on any atom is -0.370 e. The number of nitrogens with zero attached hydrogens (tertiary/aromatic N) is 2. The first-order chi connectivity index (χ1) is 10.2. The fourth-order valence-electron chi connectivity index (χ4n) is 2.95. The highest BCUT2D eigenvalue weighted by atomic mass is 16.1. The maximum Gasteiger partial charge on any atom is 0.270 e. The fourth-order valence-corrected chi connectivity index (χ4v) is 2.95. The second-order valence-electron chi connectivity index (χ2n) is 5.84. The lowest BCUT2D eigenvalue weighted by atomic mass is 10.2. The number of anilines is 1. The number of nitrogens with one attached hydrogen (secondary N) is 1. The predicted octanol–water partition coefficient (Wildman–Crippen LogP) is 3.38. The van der Waals surface area contributed by atoms with Gasteiger partial charge in [0, 0.05) is 19.1 Å². The van der Waals surface area contributed by atoms with Gasteiger partial charge in [-0.2, -0.15) is 0 Å². The van der Waals surface area contributed by atoms with Crippen molar-refractivity contribution >= 4 is 11.6 Å². The standard InChI is InChI=1S/C17H27N3O/c1-3-11-20(12-4-2)15-9-10-16(18-13-15)17(21)19-14-7-5-6-8-14/h9-10,13-14H,3-8,11-12H2,1-2H3,(H,19,21). The van der Waals surface area contributed by atoms with Crippen molar-refractivity contribution in [3.05, 3.63) is 24.0 Å². The Balaban J connectivity index is 1.97. The first-order valence-electron chi connectivity index (χ1n) is 8.26. The second kappa shape index (κ2) is 8.01. The summed E-state index contributed by atoms with van der Waals surface area (Å²) in [5, 5.41) is 3.08. The van der Waals surface area contributed by atoms with Crippen LogP contribution in [0.1, 0.15) is 62.9 Å². The van der Waals surface area contributed by atoms with Crippen LogP contribution in [-0.4, -0.2) is 30.0 Å². The zero-order valence-electron chi connectivity index (χ0n) is 13.3. The Kier molecular flexibility index (Phi) is 6.03. The number of amides is 1. The summed E-state index contributed by atoms with van der Waals surface area (Å²) in [6.45, 7) is 6.42. The lowest BCUT2D eigenvalue weighted by molar-refractivity contribution is 0.0933. The summed E-state index contributed by atoms with van der Waals surface area (Å²) in [5.41, 5.74) is 1.63. The van der Waals surface area contributed by atoms with E-state index in [2.05, 4.69) is 29.0 Å². The van der Waals surface area contributed by atoms with Crippen LogP contribution < -0.4 is 10.2 Å². The molecule has 1 heterocycles. The summed E-state index contributed by atoms with van der Waals surface area (Å²) in [4.78, 5) is 18.8. The van der Waals surface area contributed by atoms with E-state index in [4.69, 9.17) is 0 Å². The van der Waals surface area contributed by atoms with Gasteiger partial charge in [-0.05, 0) is 37.8 Å². The minimum absolute atomic E-state index is 0.0361. The lowest BCUT2D eigenvalue weighted by Crippen LogP contribution is -2.33. The number of hydrogen-bond donors (Lipinski definition) is 1. The summed E-state index contributed by atoms with van der Waals surface area (Å²) in [7, 11) is 0. The van der Waals surface area contributed by atoms with Crippen molar-refractivity contribution in [3.63, 3.8) is 0 Å². The third kappa shape index (κ3) is 4.45. The van der Waals surface area contributed by atoms with E-state index in [9.17, 15) is 4.79 Å². The highest BCUT2D eigenvalue weighted by molar-refractivity contribution is 5.92. The van der Waals surface area contributed by atoms with Crippen LogP contribution in [0.2, 0.25) is 0 Å². The Morgan fingerprint density at radius 1 is 1.24 bits per heavy atom. The quantitative estimate of drug-likeness (QED) is 0.837. The molecule has 116 valence electrons. The van der Waals surface area contributed by atoms with Gasteiger partial charge in [0.2, 0.25) is 0 Å². The molecular formula is C17H27N3O. The van der Waals surface area contributed by atoms with Crippen LogP contribution in [-0.2, 0) is 0 Å². The number of aromatic nitrogens is 1. The maximum atomic E-state index is 12.1. The Labute approximate surface area is 127 Å². The first-order valence-corrected chi connectivity index (χ1v) is 8.26. The van der Waals surface area contributed by atoms with Crippen molar-refractivity contribution in [2.24, 2.45) is 0 Å². The van der Waals surface area contributed by atoms with Crippen molar-refractivity contribution in [2.75, 3.05) is 18.0 Å². The number of rotatable bonds is 7. The van der Waals surface area contributed by atoms with Crippen molar-refractivity contribution in [1.29, 1.82) is 0 Å². The van der Waals surface area contributed by atoms with Gasteiger partial charge < -0.3 is 10.2 Å². The summed E-state index contributed by atoms with van der Waals surface area (Å²) >= 11 is 0. The van der Waals surface area contributed by atoms with Gasteiger partial charge in [-0.25, -0.2) is 4.98 Å². The summed E-state index contributed by atoms with van der Waals surface area (Å²) in [6, 6.07) is 4.20. The molecule has 2 rings (SSSR count). The van der Waals surface area contributed by atoms with E-state index in [0.29, 0.717) is 11.7 Å². The molecule has 1 fully saturated rings. The molecule has 1 saturated carbocycles. The van der Waals surface area contributed by atoms with Crippen LogP contribution in [0.25, 0.3) is 0 Å². The maximum absolute atomic E-state index is 12.1. The van der Waals surface area contributed by atoms with Gasteiger partial charge in [0.05, 0.1) is 11.9 Å². The molecule has 0 radical (unpaired) electrons. The molecule has 1 aliphatic carbocycles. The van der Waals surface area contributed by atoms with Crippen LogP contribution in [0, 0.1) is 0 Å². The molecule has 0 bridgehead atoms. The molecule has 0 aliphatic heterocycles. The molecule has 0 aromatic carbocycles. The van der Waals surface area contributed by atoms with Crippen LogP contribution in [0.15, 0.2) is 18.3 Å². The van der Waals surface area contributed by atoms with Gasteiger partial charge in [0.1, 0.15) is 5.69 Å². The van der Waals surface area contributed by atoms with E-state index in [1.54, 1.807) is 0 Å². The molecule has 0 unspecified atom stereocenters. The Morgan fingerprint density at radius 2 is 1.90 bits per heavy atom. The number of pyridine rings is 1. The number of carbonyl (C=O) groups is 1. The molecule has 4 nitrogen and oxygen atoms in total. The fraction of sp³-hybridized carbons (Fsp3) is 0.647. The third-order valence-corrected chi connectivity index (χ3v) is 4.02. The number of carbonyl (C=O) groups excluding carboxylic acids is 1. The SMILES string of the molecule is CCCN(CCC)c1ccc(C(=O)NC2CCCC2)nc1. The number of hydrogen-bond acceptors (Lipinski definition) is 3. The van der Waals surface area contributed by atoms with Gasteiger partial charge >= 0.3 is 0 Å². The van der Waals surface area contributed by atoms with Crippen LogP contribution in [0.3, 0.4) is 0 Å². The molecule has 1 aromatic heterocycles. The predicted molar refractivity (Wildman–Crippen MR) is 86.8 cm³/mol. The van der Waals surface area contributed by atoms with E-state index in [-0.39, 0.29) is 5.91 Å². The molecule has 1 aliphatic rings. The summed E-state index contributed by atoms with van der Waals surface area (Å²) < 4.78 is 0. The van der Waals surface area contributed by atoms with Gasteiger partial charge in [-0.15, -0.1) is 0 Å². The molecular weight excluding hydrogens is 262 g/mol. The Morgan fingerprint density at radius 3 is 2.43 bits per heavy atom. The smallest absolute Gasteiger partial charge is 0.270 e. The van der Waals surface area contributed by atoms with Gasteiger partial charge in [-0.1, -0.05) is 26.7 Å². The van der Waals surface area contributed by atoms with Crippen molar-refractivity contribution < 1.29 is 4.79 Å². The Bertz CT molecular complexity index is 432. The van der Waals surface area contributed by atoms with E-state index >= 15 is 0 Å². The van der Waals surface area contributed by atoms with Crippen molar-refractivity contribution in [2.45, 2.75) is 58.4 Å². The zero-order chi connectivity index (χ0) is 15.1. The van der Waals surface area contributed by atoms with Crippen LogP contribution in [0.5, 0.6) is 0 Å². The van der Waals surface area contributed by atoms with Crippen molar-refractivity contribution in [1.82, 2.24) is 10.3 Å². The van der Waals surface area contributed by atoms with Crippen LogP contribution >= 0.6 is 0 Å². The normalized spacial score (nSPS) is 15.1. The molecule has 4 heteroatoms. The Hall–Kier alpha value is -1.58. The van der Waals surface area contributed by atoms with Gasteiger partial charge in [-0.3, -0.25) is 4.79 Å². The van der Waals surface area contributed by atoms with E-state index in [1.165, 1.54) is 12.8 Å². The minimum atomic E-state index is -0.0361. The van der Waals surface area contributed by atoms with E-state index in [0.717, 1.165) is 44.5 Å². The molecule has 0 spiro atoms. The summed E-state index contributed by atoms with van der Waals surface area (Å²) in [5.74, 6) is -0.0361. The highest BCUT2D eigenvalue weighted by Crippen LogP contribution is 2.18. The van der Waals surface area contributed by atoms with Crippen LogP contribution in [0.4, 0.5) is 5.69 Å².